The van der Waals surface area contributed by atoms with Gasteiger partial charge in [-0.05, 0) is 31.4 Å². The van der Waals surface area contributed by atoms with Crippen LogP contribution in [0.25, 0.3) is 0 Å². The summed E-state index contributed by atoms with van der Waals surface area (Å²) in [7, 11) is 0. The molecule has 1 atom stereocenters. The third kappa shape index (κ3) is 3.90. The predicted octanol–water partition coefficient (Wildman–Crippen LogP) is 2.88. The molecule has 6 heteroatoms. The zero-order chi connectivity index (χ0) is 14.5. The van der Waals surface area contributed by atoms with Crippen molar-refractivity contribution in [2.24, 2.45) is 5.92 Å². The molecule has 1 saturated heterocycles. The number of hydrogen-bond acceptors (Lipinski definition) is 4. The summed E-state index contributed by atoms with van der Waals surface area (Å²) in [6, 6.07) is 3.69. The van der Waals surface area contributed by atoms with Gasteiger partial charge in [-0.2, -0.15) is 0 Å². The van der Waals surface area contributed by atoms with Gasteiger partial charge in [-0.15, -0.1) is 0 Å². The highest BCUT2D eigenvalue weighted by Gasteiger charge is 2.16. The third-order valence-electron chi connectivity index (χ3n) is 3.65. The standard InChI is InChI=1S/C14H20FN3O2/c1-11-3-2-7-17(10-11)8-6-16-14-5-4-12(18(19)20)9-13(14)15/h4-5,9,11,16H,2-3,6-8,10H2,1H3. The van der Waals surface area contributed by atoms with Crippen LogP contribution in [0.5, 0.6) is 0 Å². The summed E-state index contributed by atoms with van der Waals surface area (Å²) in [5, 5.41) is 13.5. The van der Waals surface area contributed by atoms with Gasteiger partial charge in [-0.25, -0.2) is 4.39 Å². The number of benzene rings is 1. The van der Waals surface area contributed by atoms with Crippen LogP contribution in [0.3, 0.4) is 0 Å². The molecular weight excluding hydrogens is 261 g/mol. The van der Waals surface area contributed by atoms with E-state index in [4.69, 9.17) is 0 Å². The average Bonchev–Trinajstić information content (AvgIpc) is 2.40. The van der Waals surface area contributed by atoms with Crippen LogP contribution in [0, 0.1) is 21.8 Å². The summed E-state index contributed by atoms with van der Waals surface area (Å²) in [6.45, 7) is 5.93. The molecular formula is C14H20FN3O2. The zero-order valence-electron chi connectivity index (χ0n) is 11.6. The van der Waals surface area contributed by atoms with Gasteiger partial charge in [0, 0.05) is 25.7 Å². The van der Waals surface area contributed by atoms with E-state index in [2.05, 4.69) is 17.1 Å². The Morgan fingerprint density at radius 3 is 3.00 bits per heavy atom. The number of likely N-dealkylation sites (tertiary alicyclic amines) is 1. The summed E-state index contributed by atoms with van der Waals surface area (Å²) >= 11 is 0. The molecule has 1 unspecified atom stereocenters. The minimum absolute atomic E-state index is 0.224. The molecule has 0 aromatic heterocycles. The normalized spacial score (nSPS) is 19.8. The fraction of sp³-hybridized carbons (Fsp3) is 0.571. The second kappa shape index (κ2) is 6.65. The van der Waals surface area contributed by atoms with Crippen LogP contribution < -0.4 is 5.32 Å². The summed E-state index contributed by atoms with van der Waals surface area (Å²) < 4.78 is 13.7. The van der Waals surface area contributed by atoms with Crippen molar-refractivity contribution in [1.29, 1.82) is 0 Å². The van der Waals surface area contributed by atoms with Crippen LogP contribution in [0.15, 0.2) is 18.2 Å². The molecule has 0 aliphatic carbocycles. The Labute approximate surface area is 117 Å². The van der Waals surface area contributed by atoms with Crippen molar-refractivity contribution in [3.8, 4) is 0 Å². The fourth-order valence-corrected chi connectivity index (χ4v) is 2.60. The maximum absolute atomic E-state index is 13.7. The topological polar surface area (TPSA) is 58.4 Å². The number of rotatable bonds is 5. The van der Waals surface area contributed by atoms with Crippen molar-refractivity contribution in [3.63, 3.8) is 0 Å². The summed E-state index contributed by atoms with van der Waals surface area (Å²) in [5.74, 6) is 0.145. The van der Waals surface area contributed by atoms with Crippen molar-refractivity contribution in [1.82, 2.24) is 4.90 Å². The highest BCUT2D eigenvalue weighted by Crippen LogP contribution is 2.20. The van der Waals surface area contributed by atoms with E-state index < -0.39 is 10.7 Å². The second-order valence-electron chi connectivity index (χ2n) is 5.40. The van der Waals surface area contributed by atoms with Crippen LogP contribution >= 0.6 is 0 Å². The lowest BCUT2D eigenvalue weighted by atomic mass is 10.0. The molecule has 5 nitrogen and oxygen atoms in total. The monoisotopic (exact) mass is 281 g/mol. The SMILES string of the molecule is CC1CCCN(CCNc2ccc([N+](=O)[O-])cc2F)C1. The van der Waals surface area contributed by atoms with Gasteiger partial charge in [0.2, 0.25) is 0 Å². The first-order valence-electron chi connectivity index (χ1n) is 6.96. The van der Waals surface area contributed by atoms with Gasteiger partial charge < -0.3 is 10.2 Å². The maximum atomic E-state index is 13.7. The number of nitro benzene ring substituents is 1. The van der Waals surface area contributed by atoms with Crippen LogP contribution in [-0.2, 0) is 0 Å². The first kappa shape index (κ1) is 14.7. The van der Waals surface area contributed by atoms with Crippen molar-refractivity contribution in [2.45, 2.75) is 19.8 Å². The largest absolute Gasteiger partial charge is 0.381 e. The van der Waals surface area contributed by atoms with E-state index in [9.17, 15) is 14.5 Å². The van der Waals surface area contributed by atoms with Gasteiger partial charge in [0.25, 0.3) is 5.69 Å². The quantitative estimate of drug-likeness (QED) is 0.666. The Bertz CT molecular complexity index is 481. The molecule has 0 amide bonds. The number of nitrogens with zero attached hydrogens (tertiary/aromatic N) is 2. The van der Waals surface area contributed by atoms with Gasteiger partial charge in [0.1, 0.15) is 0 Å². The van der Waals surface area contributed by atoms with Crippen molar-refractivity contribution in [3.05, 3.63) is 34.1 Å². The smallest absolute Gasteiger partial charge is 0.272 e. The van der Waals surface area contributed by atoms with Gasteiger partial charge in [-0.1, -0.05) is 6.92 Å². The summed E-state index contributed by atoms with van der Waals surface area (Å²) in [5.41, 5.74) is 0.0959. The lowest BCUT2D eigenvalue weighted by Gasteiger charge is -2.30. The fourth-order valence-electron chi connectivity index (χ4n) is 2.60. The molecule has 1 aliphatic rings. The van der Waals surface area contributed by atoms with Crippen LogP contribution in [-0.4, -0.2) is 36.0 Å². The molecule has 1 aromatic carbocycles. The number of nitrogens with one attached hydrogen (secondary N) is 1. The summed E-state index contributed by atoms with van der Waals surface area (Å²) in [6.07, 6.45) is 2.49. The molecule has 2 rings (SSSR count). The zero-order valence-corrected chi connectivity index (χ0v) is 11.6. The van der Waals surface area contributed by atoms with Crippen LogP contribution in [0.1, 0.15) is 19.8 Å². The van der Waals surface area contributed by atoms with Crippen molar-refractivity contribution < 1.29 is 9.31 Å². The number of piperidine rings is 1. The van der Waals surface area contributed by atoms with E-state index in [1.165, 1.54) is 25.0 Å². The van der Waals surface area contributed by atoms with Gasteiger partial charge in [-0.3, -0.25) is 10.1 Å². The highest BCUT2D eigenvalue weighted by molar-refractivity contribution is 5.50. The Hall–Kier alpha value is -1.69. The average molecular weight is 281 g/mol. The van der Waals surface area contributed by atoms with Gasteiger partial charge in [0.15, 0.2) is 5.82 Å². The molecule has 20 heavy (non-hydrogen) atoms. The van der Waals surface area contributed by atoms with Crippen LogP contribution in [0.2, 0.25) is 0 Å². The van der Waals surface area contributed by atoms with E-state index >= 15 is 0 Å². The third-order valence-corrected chi connectivity index (χ3v) is 3.65. The molecule has 1 fully saturated rings. The van der Waals surface area contributed by atoms with E-state index in [1.54, 1.807) is 0 Å². The van der Waals surface area contributed by atoms with E-state index in [0.717, 1.165) is 31.6 Å². The Kier molecular flexibility index (Phi) is 4.89. The molecule has 1 aromatic rings. The number of halogens is 1. The molecule has 0 radical (unpaired) electrons. The minimum Gasteiger partial charge on any atom is -0.381 e. The molecule has 110 valence electrons. The first-order chi connectivity index (χ1) is 9.56. The van der Waals surface area contributed by atoms with E-state index in [1.807, 2.05) is 0 Å². The number of non-ortho nitro benzene ring substituents is 1. The lowest BCUT2D eigenvalue weighted by molar-refractivity contribution is -0.385. The van der Waals surface area contributed by atoms with Crippen molar-refractivity contribution in [2.75, 3.05) is 31.5 Å². The number of anilines is 1. The van der Waals surface area contributed by atoms with Crippen LogP contribution in [0.4, 0.5) is 15.8 Å². The first-order valence-corrected chi connectivity index (χ1v) is 6.96. The number of hydrogen-bond donors (Lipinski definition) is 1. The van der Waals surface area contributed by atoms with E-state index in [-0.39, 0.29) is 5.69 Å². The summed E-state index contributed by atoms with van der Waals surface area (Å²) in [4.78, 5) is 12.3. The van der Waals surface area contributed by atoms with Crippen molar-refractivity contribution >= 4 is 11.4 Å². The highest BCUT2D eigenvalue weighted by atomic mass is 19.1. The Morgan fingerprint density at radius 1 is 1.55 bits per heavy atom. The molecule has 0 spiro atoms. The Morgan fingerprint density at radius 2 is 2.35 bits per heavy atom. The molecule has 0 saturated carbocycles. The van der Waals surface area contributed by atoms with Gasteiger partial charge in [0.05, 0.1) is 16.7 Å². The van der Waals surface area contributed by atoms with Gasteiger partial charge >= 0.3 is 0 Å². The maximum Gasteiger partial charge on any atom is 0.272 e. The molecule has 1 N–H and O–H groups in total. The number of nitro groups is 1. The Balaban J connectivity index is 1.83. The molecule has 1 aliphatic heterocycles. The molecule has 0 bridgehead atoms. The molecule has 1 heterocycles. The lowest BCUT2D eigenvalue weighted by Crippen LogP contribution is -2.37. The predicted molar refractivity (Wildman–Crippen MR) is 76.4 cm³/mol. The minimum atomic E-state index is -0.595. The second-order valence-corrected chi connectivity index (χ2v) is 5.40. The van der Waals surface area contributed by atoms with E-state index in [0.29, 0.717) is 12.2 Å².